The summed E-state index contributed by atoms with van der Waals surface area (Å²) in [6, 6.07) is 51.0. The lowest BCUT2D eigenvalue weighted by Crippen LogP contribution is -2.30. The number of hydrogen-bond acceptors (Lipinski definition) is 4. The van der Waals surface area contributed by atoms with Crippen LogP contribution in [0.3, 0.4) is 0 Å². The van der Waals surface area contributed by atoms with E-state index in [0.717, 1.165) is 16.9 Å². The Morgan fingerprint density at radius 1 is 0.648 bits per heavy atom. The summed E-state index contributed by atoms with van der Waals surface area (Å²) in [5, 5.41) is 9.79. The number of aliphatic imine (C=N–C) groups is 1. The molecule has 2 unspecified atom stereocenters. The van der Waals surface area contributed by atoms with Gasteiger partial charge < -0.3 is 14.2 Å². The van der Waals surface area contributed by atoms with Crippen molar-refractivity contribution < 1.29 is 4.74 Å². The maximum absolute atomic E-state index is 6.83. The van der Waals surface area contributed by atoms with Crippen molar-refractivity contribution in [3.8, 4) is 16.8 Å². The topological polar surface area (TPSA) is 29.8 Å². The Labute approximate surface area is 318 Å². The number of anilines is 2. The molecule has 0 bridgehead atoms. The van der Waals surface area contributed by atoms with Gasteiger partial charge in [0.25, 0.3) is 0 Å². The van der Waals surface area contributed by atoms with Gasteiger partial charge in [-0.2, -0.15) is 0 Å². The largest absolute Gasteiger partial charge is 0.450 e. The highest BCUT2D eigenvalue weighted by Gasteiger charge is 2.46. The van der Waals surface area contributed by atoms with Gasteiger partial charge in [-0.3, -0.25) is 0 Å². The highest BCUT2D eigenvalue weighted by molar-refractivity contribution is 7.18. The first-order chi connectivity index (χ1) is 26.5. The molecule has 2 atom stereocenters. The van der Waals surface area contributed by atoms with E-state index in [1.54, 1.807) is 0 Å². The number of thiophene rings is 1. The minimum absolute atomic E-state index is 0.166. The molecular weight excluding hydrogens is 679 g/mol. The summed E-state index contributed by atoms with van der Waals surface area (Å²) >= 11 is 1.82. The van der Waals surface area contributed by atoms with Crippen molar-refractivity contribution in [2.75, 3.05) is 4.90 Å². The molecule has 260 valence electrons. The lowest BCUT2D eigenvalue weighted by atomic mass is 9.93. The smallest absolute Gasteiger partial charge is 0.218 e. The number of aromatic nitrogens is 1. The highest BCUT2D eigenvalue weighted by Crippen LogP contribution is 2.52. The van der Waals surface area contributed by atoms with Gasteiger partial charge in [-0.15, -0.1) is 11.3 Å². The van der Waals surface area contributed by atoms with Crippen LogP contribution in [-0.4, -0.2) is 16.7 Å². The monoisotopic (exact) mass is 715 g/mol. The van der Waals surface area contributed by atoms with E-state index in [1.807, 2.05) is 11.3 Å². The van der Waals surface area contributed by atoms with Crippen molar-refractivity contribution in [3.63, 3.8) is 0 Å². The predicted molar refractivity (Wildman–Crippen MR) is 227 cm³/mol. The van der Waals surface area contributed by atoms with Crippen LogP contribution in [-0.2, 0) is 4.74 Å². The molecule has 0 saturated carbocycles. The molecule has 9 aromatic rings. The Morgan fingerprint density at radius 3 is 2.19 bits per heavy atom. The number of nitrogens with zero attached hydrogens (tertiary/aromatic N) is 3. The Morgan fingerprint density at radius 2 is 1.39 bits per heavy atom. The van der Waals surface area contributed by atoms with Gasteiger partial charge in [-0.25, -0.2) is 4.99 Å². The zero-order chi connectivity index (χ0) is 36.1. The summed E-state index contributed by atoms with van der Waals surface area (Å²) in [7, 11) is 0. The van der Waals surface area contributed by atoms with Crippen molar-refractivity contribution in [2.24, 2.45) is 4.99 Å². The molecule has 0 radical (unpaired) electrons. The number of benzene rings is 7. The molecule has 11 rings (SSSR count). The standard InChI is InChI=1S/C49H37N3OS/c1-29(2)31-15-19-37(20-16-31)52-43-22-18-32-13-14-34(27-41(32)44(43)45-49(52)53-48(50-45)33-11-9-30(3)10-12-33)35-17-21-38-42(28-35)39-24-26-54-47(39)40-23-25-51(46(38)40)36-7-5-4-6-8-36/h4-29,45,49H,1-3H3. The van der Waals surface area contributed by atoms with Gasteiger partial charge in [-0.05, 0) is 118 Å². The number of rotatable bonds is 5. The number of hydrogen-bond donors (Lipinski definition) is 0. The maximum Gasteiger partial charge on any atom is 0.218 e. The summed E-state index contributed by atoms with van der Waals surface area (Å²) in [6.07, 6.45) is 1.94. The quantitative estimate of drug-likeness (QED) is 0.178. The van der Waals surface area contributed by atoms with E-state index in [4.69, 9.17) is 9.73 Å². The van der Waals surface area contributed by atoms with E-state index in [-0.39, 0.29) is 12.3 Å². The SMILES string of the molecule is Cc1ccc(C2=NC3c4c(ccc5ccc(-c6ccc7c(c6)c6ccsc6c6ccn(-c8ccccc8)c76)cc45)N(c4ccc(C(C)C)cc4)C3O2)cc1. The molecule has 2 aromatic heterocycles. The Balaban J connectivity index is 1.09. The Bertz CT molecular complexity index is 2950. The molecule has 4 heterocycles. The number of fused-ring (bicyclic) bond motifs is 11. The van der Waals surface area contributed by atoms with Crippen LogP contribution in [0.4, 0.5) is 11.4 Å². The second kappa shape index (κ2) is 11.9. The van der Waals surface area contributed by atoms with E-state index in [1.165, 1.54) is 76.0 Å². The van der Waals surface area contributed by atoms with Crippen LogP contribution in [0.15, 0.2) is 156 Å². The van der Waals surface area contributed by atoms with E-state index < -0.39 is 0 Å². The number of aryl methyl sites for hydroxylation is 1. The van der Waals surface area contributed by atoms with Gasteiger partial charge in [-0.1, -0.05) is 92.2 Å². The second-order valence-electron chi connectivity index (χ2n) is 15.0. The van der Waals surface area contributed by atoms with Gasteiger partial charge in [0.15, 0.2) is 0 Å². The lowest BCUT2D eigenvalue weighted by Gasteiger charge is -2.27. The third-order valence-corrected chi connectivity index (χ3v) is 12.4. The highest BCUT2D eigenvalue weighted by atomic mass is 32.1. The molecule has 0 N–H and O–H groups in total. The summed E-state index contributed by atoms with van der Waals surface area (Å²) < 4.78 is 10.5. The molecule has 0 amide bonds. The fraction of sp³-hybridized carbons (Fsp3) is 0.122. The van der Waals surface area contributed by atoms with Crippen LogP contribution in [0.2, 0.25) is 0 Å². The van der Waals surface area contributed by atoms with Gasteiger partial charge in [0, 0.05) is 49.6 Å². The van der Waals surface area contributed by atoms with Gasteiger partial charge in [0.2, 0.25) is 12.1 Å². The Hall–Kier alpha value is -6.17. The fourth-order valence-corrected chi connectivity index (χ4v) is 9.63. The van der Waals surface area contributed by atoms with Crippen LogP contribution in [0.5, 0.6) is 0 Å². The van der Waals surface area contributed by atoms with Crippen molar-refractivity contribution in [1.29, 1.82) is 0 Å². The molecule has 54 heavy (non-hydrogen) atoms. The number of ether oxygens (including phenoxy) is 1. The molecule has 2 aliphatic rings. The fourth-order valence-electron chi connectivity index (χ4n) is 8.69. The predicted octanol–water partition coefficient (Wildman–Crippen LogP) is 13.2. The number of para-hydroxylation sites is 1. The third kappa shape index (κ3) is 4.71. The van der Waals surface area contributed by atoms with E-state index in [2.05, 4.69) is 181 Å². The molecule has 0 saturated heterocycles. The molecule has 0 aliphatic carbocycles. The molecule has 5 heteroatoms. The summed E-state index contributed by atoms with van der Waals surface area (Å²) in [5.74, 6) is 1.17. The molecule has 7 aromatic carbocycles. The maximum atomic E-state index is 6.83. The normalized spacial score (nSPS) is 16.4. The summed E-state index contributed by atoms with van der Waals surface area (Å²) in [6.45, 7) is 6.59. The van der Waals surface area contributed by atoms with Crippen molar-refractivity contribution in [3.05, 3.63) is 173 Å². The van der Waals surface area contributed by atoms with Crippen LogP contribution in [0, 0.1) is 6.92 Å². The average Bonchev–Trinajstić information content (AvgIpc) is 4.01. The van der Waals surface area contributed by atoms with E-state index in [0.29, 0.717) is 11.8 Å². The first-order valence-electron chi connectivity index (χ1n) is 18.8. The van der Waals surface area contributed by atoms with Crippen LogP contribution in [0.25, 0.3) is 59.3 Å². The van der Waals surface area contributed by atoms with Crippen LogP contribution in [0.1, 0.15) is 48.1 Å². The van der Waals surface area contributed by atoms with Crippen LogP contribution < -0.4 is 4.90 Å². The zero-order valence-corrected chi connectivity index (χ0v) is 31.1. The van der Waals surface area contributed by atoms with Crippen molar-refractivity contribution in [2.45, 2.75) is 39.0 Å². The molecule has 0 fully saturated rings. The van der Waals surface area contributed by atoms with E-state index in [9.17, 15) is 0 Å². The van der Waals surface area contributed by atoms with Crippen molar-refractivity contribution >= 4 is 71.1 Å². The third-order valence-electron chi connectivity index (χ3n) is 11.5. The van der Waals surface area contributed by atoms with E-state index >= 15 is 0 Å². The lowest BCUT2D eigenvalue weighted by molar-refractivity contribution is 0.210. The van der Waals surface area contributed by atoms with Crippen molar-refractivity contribution in [1.82, 2.24) is 4.57 Å². The van der Waals surface area contributed by atoms with Gasteiger partial charge in [0.05, 0.1) is 11.2 Å². The molecular formula is C49H37N3OS. The minimum atomic E-state index is -0.272. The Kier molecular flexibility index (Phi) is 6.92. The molecule has 0 spiro atoms. The second-order valence-corrected chi connectivity index (χ2v) is 15.9. The average molecular weight is 716 g/mol. The molecule has 4 nitrogen and oxygen atoms in total. The summed E-state index contributed by atoms with van der Waals surface area (Å²) in [4.78, 5) is 7.70. The first-order valence-corrected chi connectivity index (χ1v) is 19.7. The zero-order valence-electron chi connectivity index (χ0n) is 30.3. The minimum Gasteiger partial charge on any atom is -0.450 e. The molecule has 2 aliphatic heterocycles. The first kappa shape index (κ1) is 31.4. The van der Waals surface area contributed by atoms with Gasteiger partial charge in [0.1, 0.15) is 6.04 Å². The summed E-state index contributed by atoms with van der Waals surface area (Å²) in [5.41, 5.74) is 11.9. The van der Waals surface area contributed by atoms with Crippen LogP contribution >= 0.6 is 11.3 Å². The van der Waals surface area contributed by atoms with Gasteiger partial charge >= 0.3 is 0 Å².